The number of ether oxygens (including phenoxy) is 1. The highest BCUT2D eigenvalue weighted by molar-refractivity contribution is 7.13. The first-order chi connectivity index (χ1) is 11.1. The second-order valence-corrected chi connectivity index (χ2v) is 5.81. The van der Waals surface area contributed by atoms with Gasteiger partial charge in [-0.05, 0) is 25.4 Å². The third kappa shape index (κ3) is 3.00. The molecule has 0 unspecified atom stereocenters. The summed E-state index contributed by atoms with van der Waals surface area (Å²) in [5.41, 5.74) is 2.30. The number of aryl methyl sites for hydroxylation is 1. The van der Waals surface area contributed by atoms with E-state index in [0.29, 0.717) is 15.9 Å². The Bertz CT molecular complexity index is 912. The predicted octanol–water partition coefficient (Wildman–Crippen LogP) is 2.39. The highest BCUT2D eigenvalue weighted by Gasteiger charge is 2.16. The van der Waals surface area contributed by atoms with Crippen molar-refractivity contribution in [2.24, 2.45) is 0 Å². The molecule has 0 radical (unpaired) electrons. The minimum absolute atomic E-state index is 0.154. The summed E-state index contributed by atoms with van der Waals surface area (Å²) >= 11 is 1.17. The molecule has 0 aliphatic rings. The van der Waals surface area contributed by atoms with E-state index < -0.39 is 5.97 Å². The van der Waals surface area contributed by atoms with E-state index in [1.54, 1.807) is 6.92 Å². The lowest BCUT2D eigenvalue weighted by molar-refractivity contribution is -0.143. The Labute approximate surface area is 136 Å². The van der Waals surface area contributed by atoms with Gasteiger partial charge < -0.3 is 4.74 Å². The van der Waals surface area contributed by atoms with Crippen molar-refractivity contribution in [3.8, 4) is 11.3 Å². The molecule has 3 rings (SSSR count). The summed E-state index contributed by atoms with van der Waals surface area (Å²) in [7, 11) is 0. The standard InChI is InChI=1S/C16H15N3O3S/c1-3-22-12(20)8-19-9-17-15-13(16(19)21)14(18-23-15)11-6-4-10(2)5-7-11/h4-7,9H,3,8H2,1-2H3. The van der Waals surface area contributed by atoms with Crippen molar-refractivity contribution in [2.75, 3.05) is 6.61 Å². The van der Waals surface area contributed by atoms with Gasteiger partial charge in [0.15, 0.2) is 4.83 Å². The SMILES string of the molecule is CCOC(=O)Cn1cnc2snc(-c3ccc(C)cc3)c2c1=O. The number of fused-ring (bicyclic) bond motifs is 1. The number of hydrogen-bond donors (Lipinski definition) is 0. The van der Waals surface area contributed by atoms with Crippen LogP contribution in [0.1, 0.15) is 12.5 Å². The number of rotatable bonds is 4. The van der Waals surface area contributed by atoms with Crippen LogP contribution in [-0.4, -0.2) is 26.5 Å². The van der Waals surface area contributed by atoms with Gasteiger partial charge in [0.2, 0.25) is 0 Å². The molecule has 0 atom stereocenters. The van der Waals surface area contributed by atoms with E-state index in [1.807, 2.05) is 31.2 Å². The molecule has 118 valence electrons. The van der Waals surface area contributed by atoms with Crippen molar-refractivity contribution in [3.05, 3.63) is 46.5 Å². The first-order valence-corrected chi connectivity index (χ1v) is 7.95. The van der Waals surface area contributed by atoms with Crippen molar-refractivity contribution < 1.29 is 9.53 Å². The topological polar surface area (TPSA) is 74.1 Å². The summed E-state index contributed by atoms with van der Waals surface area (Å²) in [5, 5.41) is 0.436. The van der Waals surface area contributed by atoms with E-state index in [-0.39, 0.29) is 18.7 Å². The maximum Gasteiger partial charge on any atom is 0.326 e. The highest BCUT2D eigenvalue weighted by Crippen LogP contribution is 2.27. The molecule has 7 heteroatoms. The summed E-state index contributed by atoms with van der Waals surface area (Å²) in [4.78, 5) is 29.1. The summed E-state index contributed by atoms with van der Waals surface area (Å²) < 4.78 is 10.5. The quantitative estimate of drug-likeness (QED) is 0.687. The molecular formula is C16H15N3O3S. The Morgan fingerprint density at radius 2 is 2.04 bits per heavy atom. The van der Waals surface area contributed by atoms with Crippen molar-refractivity contribution >= 4 is 27.7 Å². The summed E-state index contributed by atoms with van der Waals surface area (Å²) in [6.45, 7) is 3.84. The lowest BCUT2D eigenvalue weighted by Gasteiger charge is -2.05. The van der Waals surface area contributed by atoms with Gasteiger partial charge in [0, 0.05) is 5.56 Å². The number of hydrogen-bond acceptors (Lipinski definition) is 6. The minimum Gasteiger partial charge on any atom is -0.465 e. The van der Waals surface area contributed by atoms with E-state index >= 15 is 0 Å². The number of carbonyl (C=O) groups excluding carboxylic acids is 1. The molecule has 0 N–H and O–H groups in total. The van der Waals surface area contributed by atoms with Crippen molar-refractivity contribution in [3.63, 3.8) is 0 Å². The highest BCUT2D eigenvalue weighted by atomic mass is 32.1. The van der Waals surface area contributed by atoms with Crippen LogP contribution in [0.15, 0.2) is 35.4 Å². The van der Waals surface area contributed by atoms with Gasteiger partial charge in [-0.2, -0.15) is 4.37 Å². The van der Waals surface area contributed by atoms with Gasteiger partial charge in [-0.15, -0.1) is 0 Å². The summed E-state index contributed by atoms with van der Waals surface area (Å²) in [6.07, 6.45) is 1.36. The van der Waals surface area contributed by atoms with Gasteiger partial charge in [0.25, 0.3) is 5.56 Å². The number of benzene rings is 1. The molecule has 1 aromatic carbocycles. The van der Waals surface area contributed by atoms with Gasteiger partial charge in [-0.25, -0.2) is 4.98 Å². The van der Waals surface area contributed by atoms with Crippen LogP contribution in [0.5, 0.6) is 0 Å². The lowest BCUT2D eigenvalue weighted by atomic mass is 10.1. The van der Waals surface area contributed by atoms with Crippen molar-refractivity contribution in [1.29, 1.82) is 0 Å². The van der Waals surface area contributed by atoms with Crippen molar-refractivity contribution in [2.45, 2.75) is 20.4 Å². The molecule has 2 heterocycles. The maximum absolute atomic E-state index is 12.7. The maximum atomic E-state index is 12.7. The fraction of sp³-hybridized carbons (Fsp3) is 0.250. The molecule has 6 nitrogen and oxygen atoms in total. The fourth-order valence-electron chi connectivity index (χ4n) is 2.25. The number of nitrogens with zero attached hydrogens (tertiary/aromatic N) is 3. The average molecular weight is 329 g/mol. The van der Waals surface area contributed by atoms with Gasteiger partial charge in [-0.1, -0.05) is 29.8 Å². The average Bonchev–Trinajstić information content (AvgIpc) is 2.96. The van der Waals surface area contributed by atoms with Crippen LogP contribution in [0.3, 0.4) is 0 Å². The monoisotopic (exact) mass is 329 g/mol. The van der Waals surface area contributed by atoms with Gasteiger partial charge in [-0.3, -0.25) is 14.2 Å². The van der Waals surface area contributed by atoms with Crippen LogP contribution >= 0.6 is 11.5 Å². The molecule has 0 aliphatic carbocycles. The van der Waals surface area contributed by atoms with Crippen LogP contribution in [-0.2, 0) is 16.1 Å². The Kier molecular flexibility index (Phi) is 4.20. The van der Waals surface area contributed by atoms with Gasteiger partial charge in [0.1, 0.15) is 11.9 Å². The van der Waals surface area contributed by atoms with E-state index in [0.717, 1.165) is 11.1 Å². The molecule has 0 saturated heterocycles. The molecule has 23 heavy (non-hydrogen) atoms. The Hall–Kier alpha value is -2.54. The smallest absolute Gasteiger partial charge is 0.326 e. The molecular weight excluding hydrogens is 314 g/mol. The van der Waals surface area contributed by atoms with E-state index in [9.17, 15) is 9.59 Å². The molecule has 2 aromatic heterocycles. The first-order valence-electron chi connectivity index (χ1n) is 7.17. The summed E-state index contributed by atoms with van der Waals surface area (Å²) in [5.74, 6) is -0.462. The lowest BCUT2D eigenvalue weighted by Crippen LogP contribution is -2.25. The van der Waals surface area contributed by atoms with Crippen LogP contribution in [0.2, 0.25) is 0 Å². The third-order valence-electron chi connectivity index (χ3n) is 3.39. The Balaban J connectivity index is 2.09. The third-order valence-corrected chi connectivity index (χ3v) is 4.15. The van der Waals surface area contributed by atoms with E-state index in [4.69, 9.17) is 4.74 Å². The first kappa shape index (κ1) is 15.4. The Morgan fingerprint density at radius 1 is 1.30 bits per heavy atom. The number of aromatic nitrogens is 3. The largest absolute Gasteiger partial charge is 0.465 e. The van der Waals surface area contributed by atoms with E-state index in [1.165, 1.54) is 22.4 Å². The zero-order valence-corrected chi connectivity index (χ0v) is 13.6. The van der Waals surface area contributed by atoms with E-state index in [2.05, 4.69) is 9.36 Å². The fourth-order valence-corrected chi connectivity index (χ4v) is 2.99. The van der Waals surface area contributed by atoms with Crippen molar-refractivity contribution in [1.82, 2.24) is 13.9 Å². The summed E-state index contributed by atoms with van der Waals surface area (Å²) in [6, 6.07) is 7.78. The van der Waals surface area contributed by atoms with Gasteiger partial charge in [0.05, 0.1) is 18.6 Å². The second-order valence-electron chi connectivity index (χ2n) is 5.06. The normalized spacial score (nSPS) is 10.9. The molecule has 0 fully saturated rings. The van der Waals surface area contributed by atoms with Crippen LogP contribution in [0.25, 0.3) is 21.5 Å². The van der Waals surface area contributed by atoms with Crippen LogP contribution < -0.4 is 5.56 Å². The molecule has 0 aliphatic heterocycles. The van der Waals surface area contributed by atoms with Crippen LogP contribution in [0.4, 0.5) is 0 Å². The zero-order valence-electron chi connectivity index (χ0n) is 12.8. The molecule has 0 spiro atoms. The zero-order chi connectivity index (χ0) is 16.4. The molecule has 3 aromatic rings. The van der Waals surface area contributed by atoms with Crippen LogP contribution in [0, 0.1) is 6.92 Å². The Morgan fingerprint density at radius 3 is 2.74 bits per heavy atom. The predicted molar refractivity (Wildman–Crippen MR) is 88.5 cm³/mol. The minimum atomic E-state index is -0.462. The molecule has 0 amide bonds. The number of esters is 1. The molecule has 0 saturated carbocycles. The molecule has 0 bridgehead atoms. The van der Waals surface area contributed by atoms with Gasteiger partial charge >= 0.3 is 5.97 Å². The number of carbonyl (C=O) groups is 1. The second kappa shape index (κ2) is 6.29.